The van der Waals surface area contributed by atoms with Crippen molar-refractivity contribution in [2.24, 2.45) is 7.05 Å². The molecule has 0 amide bonds. The van der Waals surface area contributed by atoms with Crippen LogP contribution in [0.25, 0.3) is 0 Å². The minimum Gasteiger partial charge on any atom is -0.308 e. The van der Waals surface area contributed by atoms with Crippen LogP contribution in [-0.4, -0.2) is 22.1 Å². The van der Waals surface area contributed by atoms with E-state index in [0.29, 0.717) is 5.02 Å². The highest BCUT2D eigenvalue weighted by molar-refractivity contribution is 7.99. The third-order valence-electron chi connectivity index (χ3n) is 3.14. The Morgan fingerprint density at radius 3 is 2.57 bits per heavy atom. The zero-order chi connectivity index (χ0) is 15.2. The van der Waals surface area contributed by atoms with E-state index in [2.05, 4.69) is 17.3 Å². The summed E-state index contributed by atoms with van der Waals surface area (Å²) in [6.07, 6.45) is 2.78. The molecule has 1 N–H and O–H groups in total. The van der Waals surface area contributed by atoms with Gasteiger partial charge in [-0.2, -0.15) is 5.10 Å². The summed E-state index contributed by atoms with van der Waals surface area (Å²) in [5.74, 6) is 0.890. The van der Waals surface area contributed by atoms with Crippen LogP contribution < -0.4 is 5.32 Å². The molecule has 1 atom stereocenters. The van der Waals surface area contributed by atoms with Gasteiger partial charge in [0.05, 0.1) is 23.0 Å². The molecule has 0 aliphatic rings. The number of nitrogens with zero attached hydrogens (tertiary/aromatic N) is 2. The average molecular weight is 344 g/mol. The lowest BCUT2D eigenvalue weighted by Gasteiger charge is -2.19. The first-order valence-electron chi connectivity index (χ1n) is 6.91. The normalized spacial score (nSPS) is 12.6. The maximum absolute atomic E-state index is 6.27. The van der Waals surface area contributed by atoms with Gasteiger partial charge >= 0.3 is 0 Å². The Morgan fingerprint density at radius 1 is 1.29 bits per heavy atom. The number of nitrogens with one attached hydrogen (secondary N) is 1. The van der Waals surface area contributed by atoms with Crippen LogP contribution in [0.5, 0.6) is 0 Å². The smallest absolute Gasteiger partial charge is 0.0834 e. The van der Waals surface area contributed by atoms with E-state index < -0.39 is 0 Å². The van der Waals surface area contributed by atoms with Crippen LogP contribution in [0.1, 0.15) is 25.1 Å². The molecule has 0 fully saturated rings. The third kappa shape index (κ3) is 4.65. The quantitative estimate of drug-likeness (QED) is 0.747. The fourth-order valence-corrected chi connectivity index (χ4v) is 3.46. The summed E-state index contributed by atoms with van der Waals surface area (Å²) in [6.45, 7) is 3.11. The summed E-state index contributed by atoms with van der Waals surface area (Å²) in [5.41, 5.74) is 1.03. The van der Waals surface area contributed by atoms with Gasteiger partial charge in [-0.3, -0.25) is 4.68 Å². The summed E-state index contributed by atoms with van der Waals surface area (Å²) in [6, 6.07) is 8.07. The van der Waals surface area contributed by atoms with Crippen molar-refractivity contribution in [3.8, 4) is 0 Å². The van der Waals surface area contributed by atoms with Crippen molar-refractivity contribution in [1.82, 2.24) is 15.1 Å². The van der Waals surface area contributed by atoms with Gasteiger partial charge in [0.2, 0.25) is 0 Å². The zero-order valence-corrected chi connectivity index (χ0v) is 14.5. The molecule has 21 heavy (non-hydrogen) atoms. The number of hydrogen-bond acceptors (Lipinski definition) is 3. The van der Waals surface area contributed by atoms with Crippen molar-refractivity contribution in [1.29, 1.82) is 0 Å². The van der Waals surface area contributed by atoms with Crippen molar-refractivity contribution >= 4 is 35.0 Å². The highest BCUT2D eigenvalue weighted by atomic mass is 35.5. The molecular formula is C15H19Cl2N3S. The number of hydrogen-bond donors (Lipinski definition) is 1. The standard InChI is InChI=1S/C15H19Cl2N3S/c1-3-8-18-14(15-13(17)9-19-20(15)2)10-21-12-6-4-11(16)5-7-12/h4-7,9,14,18H,3,8,10H2,1-2H3. The fraction of sp³-hybridized carbons (Fsp3) is 0.400. The summed E-state index contributed by atoms with van der Waals surface area (Å²) in [5, 5.41) is 9.24. The second-order valence-corrected chi connectivity index (χ2v) is 6.71. The number of aromatic nitrogens is 2. The van der Waals surface area contributed by atoms with E-state index >= 15 is 0 Å². The van der Waals surface area contributed by atoms with Gasteiger partial charge in [-0.1, -0.05) is 30.1 Å². The van der Waals surface area contributed by atoms with E-state index in [1.54, 1.807) is 18.0 Å². The van der Waals surface area contributed by atoms with Crippen molar-refractivity contribution in [3.63, 3.8) is 0 Å². The lowest BCUT2D eigenvalue weighted by Crippen LogP contribution is -2.26. The second kappa shape index (κ2) is 8.08. The molecule has 6 heteroatoms. The lowest BCUT2D eigenvalue weighted by atomic mass is 10.2. The van der Waals surface area contributed by atoms with Crippen LogP contribution in [-0.2, 0) is 7.05 Å². The number of halogens is 2. The van der Waals surface area contributed by atoms with Gasteiger partial charge in [0, 0.05) is 22.7 Å². The monoisotopic (exact) mass is 343 g/mol. The molecule has 0 saturated heterocycles. The Bertz CT molecular complexity index is 549. The van der Waals surface area contributed by atoms with Crippen LogP contribution in [0.4, 0.5) is 0 Å². The highest BCUT2D eigenvalue weighted by Gasteiger charge is 2.18. The molecule has 1 aromatic carbocycles. The lowest BCUT2D eigenvalue weighted by molar-refractivity contribution is 0.535. The van der Waals surface area contributed by atoms with Crippen LogP contribution in [0, 0.1) is 0 Å². The maximum Gasteiger partial charge on any atom is 0.0834 e. The predicted molar refractivity (Wildman–Crippen MR) is 91.4 cm³/mol. The van der Waals surface area contributed by atoms with Crippen LogP contribution in [0.2, 0.25) is 10.0 Å². The van der Waals surface area contributed by atoms with E-state index in [4.69, 9.17) is 23.2 Å². The molecule has 1 aromatic heterocycles. The number of thioether (sulfide) groups is 1. The van der Waals surface area contributed by atoms with Crippen molar-refractivity contribution in [3.05, 3.63) is 46.2 Å². The molecule has 1 heterocycles. The fourth-order valence-electron chi connectivity index (χ4n) is 2.08. The zero-order valence-electron chi connectivity index (χ0n) is 12.1. The molecule has 114 valence electrons. The van der Waals surface area contributed by atoms with Gasteiger partial charge in [-0.05, 0) is 37.2 Å². The Hall–Kier alpha value is -0.680. The first kappa shape index (κ1) is 16.7. The first-order valence-corrected chi connectivity index (χ1v) is 8.65. The van der Waals surface area contributed by atoms with Gasteiger partial charge < -0.3 is 5.32 Å². The predicted octanol–water partition coefficient (Wildman–Crippen LogP) is 4.56. The molecule has 1 unspecified atom stereocenters. The van der Waals surface area contributed by atoms with Crippen molar-refractivity contribution in [2.75, 3.05) is 12.3 Å². The van der Waals surface area contributed by atoms with Gasteiger partial charge in [-0.25, -0.2) is 0 Å². The first-order chi connectivity index (χ1) is 10.1. The molecule has 0 saturated carbocycles. The van der Waals surface area contributed by atoms with E-state index in [0.717, 1.165) is 29.4 Å². The Kier molecular flexibility index (Phi) is 6.42. The van der Waals surface area contributed by atoms with Gasteiger partial charge in [0.15, 0.2) is 0 Å². The highest BCUT2D eigenvalue weighted by Crippen LogP contribution is 2.29. The van der Waals surface area contributed by atoms with E-state index in [9.17, 15) is 0 Å². The molecule has 0 radical (unpaired) electrons. The minimum atomic E-state index is 0.172. The van der Waals surface area contributed by atoms with E-state index in [1.807, 2.05) is 36.0 Å². The molecular weight excluding hydrogens is 325 g/mol. The van der Waals surface area contributed by atoms with E-state index in [1.165, 1.54) is 4.90 Å². The molecule has 2 rings (SSSR count). The third-order valence-corrected chi connectivity index (χ3v) is 4.79. The summed E-state index contributed by atoms with van der Waals surface area (Å²) < 4.78 is 1.85. The average Bonchev–Trinajstić information content (AvgIpc) is 2.81. The maximum atomic E-state index is 6.27. The molecule has 0 aliphatic carbocycles. The molecule has 0 aliphatic heterocycles. The molecule has 0 bridgehead atoms. The Labute approximate surface area is 140 Å². The van der Waals surface area contributed by atoms with Crippen LogP contribution >= 0.6 is 35.0 Å². The van der Waals surface area contributed by atoms with E-state index in [-0.39, 0.29) is 6.04 Å². The molecule has 0 spiro atoms. The number of rotatable bonds is 7. The van der Waals surface area contributed by atoms with Gasteiger partial charge in [-0.15, -0.1) is 11.8 Å². The van der Waals surface area contributed by atoms with Crippen molar-refractivity contribution < 1.29 is 0 Å². The summed E-state index contributed by atoms with van der Waals surface area (Å²) in [7, 11) is 1.93. The Morgan fingerprint density at radius 2 is 2.00 bits per heavy atom. The minimum absolute atomic E-state index is 0.172. The second-order valence-electron chi connectivity index (χ2n) is 4.77. The largest absolute Gasteiger partial charge is 0.308 e. The van der Waals surface area contributed by atoms with Crippen molar-refractivity contribution in [2.45, 2.75) is 24.3 Å². The van der Waals surface area contributed by atoms with Gasteiger partial charge in [0.1, 0.15) is 0 Å². The topological polar surface area (TPSA) is 29.9 Å². The SMILES string of the molecule is CCCNC(CSc1ccc(Cl)cc1)c1c(Cl)cnn1C. The van der Waals surface area contributed by atoms with Crippen LogP contribution in [0.15, 0.2) is 35.4 Å². The summed E-state index contributed by atoms with van der Waals surface area (Å²) in [4.78, 5) is 1.20. The van der Waals surface area contributed by atoms with Gasteiger partial charge in [0.25, 0.3) is 0 Å². The number of benzene rings is 1. The number of aryl methyl sites for hydroxylation is 1. The molecule has 2 aromatic rings. The molecule has 3 nitrogen and oxygen atoms in total. The van der Waals surface area contributed by atoms with Crippen LogP contribution in [0.3, 0.4) is 0 Å². The Balaban J connectivity index is 2.08. The summed E-state index contributed by atoms with van der Waals surface area (Å²) >= 11 is 14.0.